The van der Waals surface area contributed by atoms with E-state index in [1.807, 2.05) is 45.7 Å². The van der Waals surface area contributed by atoms with Crippen LogP contribution in [-0.4, -0.2) is 54.6 Å². The lowest BCUT2D eigenvalue weighted by Gasteiger charge is -2.28. The lowest BCUT2D eigenvalue weighted by atomic mass is 10.0. The van der Waals surface area contributed by atoms with Gasteiger partial charge in [0.1, 0.15) is 5.60 Å². The Bertz CT molecular complexity index is 756. The van der Waals surface area contributed by atoms with Crippen molar-refractivity contribution in [2.75, 3.05) is 20.1 Å². The third-order valence-corrected chi connectivity index (χ3v) is 4.60. The first kappa shape index (κ1) is 26.3. The Morgan fingerprint density at radius 3 is 2.48 bits per heavy atom. The number of primary amides is 1. The number of carbonyl (C=O) groups excluding carboxylic acids is 2. The standard InChI is InChI=1S/C23H39N5O3/c1-8-25-21(26-15-17-10-9-11-18(14-17)20(24)29)28(7)13-12-19(16(2)3)27-22(30)31-23(4,5)6/h9-11,14,16,19H,8,12-13,15H2,1-7H3,(H2,24,29)(H,25,26)(H,27,30). The van der Waals surface area contributed by atoms with Crippen molar-refractivity contribution in [2.24, 2.45) is 16.6 Å². The number of benzene rings is 1. The lowest BCUT2D eigenvalue weighted by molar-refractivity contribution is 0.0485. The predicted molar refractivity (Wildman–Crippen MR) is 125 cm³/mol. The van der Waals surface area contributed by atoms with Crippen LogP contribution in [0, 0.1) is 5.92 Å². The Labute approximate surface area is 186 Å². The number of nitrogens with one attached hydrogen (secondary N) is 2. The van der Waals surface area contributed by atoms with E-state index in [-0.39, 0.29) is 12.0 Å². The van der Waals surface area contributed by atoms with Crippen LogP contribution in [0.15, 0.2) is 29.3 Å². The van der Waals surface area contributed by atoms with Gasteiger partial charge >= 0.3 is 6.09 Å². The molecule has 1 aromatic rings. The molecule has 0 aliphatic rings. The van der Waals surface area contributed by atoms with Crippen molar-refractivity contribution in [2.45, 2.75) is 66.2 Å². The van der Waals surface area contributed by atoms with Crippen LogP contribution in [0.25, 0.3) is 0 Å². The Morgan fingerprint density at radius 1 is 1.26 bits per heavy atom. The second kappa shape index (κ2) is 12.2. The molecule has 2 amide bonds. The van der Waals surface area contributed by atoms with E-state index in [1.54, 1.807) is 18.2 Å². The fourth-order valence-electron chi connectivity index (χ4n) is 2.93. The van der Waals surface area contributed by atoms with Gasteiger partial charge in [-0.25, -0.2) is 9.79 Å². The number of hydrogen-bond acceptors (Lipinski definition) is 4. The second-order valence-electron chi connectivity index (χ2n) is 8.94. The lowest BCUT2D eigenvalue weighted by Crippen LogP contribution is -2.45. The molecule has 1 rings (SSSR count). The molecule has 0 bridgehead atoms. The van der Waals surface area contributed by atoms with Gasteiger partial charge in [-0.05, 0) is 57.7 Å². The zero-order valence-corrected chi connectivity index (χ0v) is 20.0. The van der Waals surface area contributed by atoms with Crippen molar-refractivity contribution >= 4 is 18.0 Å². The summed E-state index contributed by atoms with van der Waals surface area (Å²) in [6.45, 7) is 13.6. The molecule has 8 heteroatoms. The molecule has 174 valence electrons. The van der Waals surface area contributed by atoms with E-state index >= 15 is 0 Å². The van der Waals surface area contributed by atoms with Crippen LogP contribution in [0.1, 0.15) is 63.9 Å². The fourth-order valence-corrected chi connectivity index (χ4v) is 2.93. The number of rotatable bonds is 9. The number of nitrogens with zero attached hydrogens (tertiary/aromatic N) is 2. The first-order valence-corrected chi connectivity index (χ1v) is 10.8. The van der Waals surface area contributed by atoms with Crippen molar-refractivity contribution in [3.63, 3.8) is 0 Å². The van der Waals surface area contributed by atoms with Gasteiger partial charge in [-0.3, -0.25) is 4.79 Å². The van der Waals surface area contributed by atoms with E-state index in [4.69, 9.17) is 10.5 Å². The summed E-state index contributed by atoms with van der Waals surface area (Å²) in [5.74, 6) is 0.566. The van der Waals surface area contributed by atoms with E-state index in [2.05, 4.69) is 29.5 Å². The molecule has 4 N–H and O–H groups in total. The van der Waals surface area contributed by atoms with Crippen LogP contribution in [0.3, 0.4) is 0 Å². The minimum Gasteiger partial charge on any atom is -0.444 e. The van der Waals surface area contributed by atoms with Gasteiger partial charge in [-0.2, -0.15) is 0 Å². The van der Waals surface area contributed by atoms with Gasteiger partial charge in [0.15, 0.2) is 5.96 Å². The zero-order chi connectivity index (χ0) is 23.6. The van der Waals surface area contributed by atoms with Crippen molar-refractivity contribution in [1.29, 1.82) is 0 Å². The molecule has 8 nitrogen and oxygen atoms in total. The number of nitrogens with two attached hydrogens (primary N) is 1. The molecule has 1 atom stereocenters. The molecule has 0 spiro atoms. The van der Waals surface area contributed by atoms with Crippen LogP contribution < -0.4 is 16.4 Å². The number of guanidine groups is 1. The molecule has 0 radical (unpaired) electrons. The Hall–Kier alpha value is -2.77. The molecule has 31 heavy (non-hydrogen) atoms. The highest BCUT2D eigenvalue weighted by molar-refractivity contribution is 5.92. The summed E-state index contributed by atoms with van der Waals surface area (Å²) >= 11 is 0. The highest BCUT2D eigenvalue weighted by Gasteiger charge is 2.22. The summed E-state index contributed by atoms with van der Waals surface area (Å²) in [5, 5.41) is 6.27. The molecule has 0 saturated heterocycles. The highest BCUT2D eigenvalue weighted by atomic mass is 16.6. The molecule has 1 aromatic carbocycles. The molecular weight excluding hydrogens is 394 g/mol. The molecule has 1 unspecified atom stereocenters. The second-order valence-corrected chi connectivity index (χ2v) is 8.94. The Kier molecular flexibility index (Phi) is 10.3. The van der Waals surface area contributed by atoms with E-state index in [0.717, 1.165) is 24.5 Å². The number of aliphatic imine (C=N–C) groups is 1. The topological polar surface area (TPSA) is 109 Å². The minimum absolute atomic E-state index is 0.0209. The zero-order valence-electron chi connectivity index (χ0n) is 20.0. The van der Waals surface area contributed by atoms with Gasteiger partial charge in [-0.1, -0.05) is 26.0 Å². The highest BCUT2D eigenvalue weighted by Crippen LogP contribution is 2.11. The molecule has 0 fully saturated rings. The first-order valence-electron chi connectivity index (χ1n) is 10.8. The predicted octanol–water partition coefficient (Wildman–Crippen LogP) is 3.12. The molecular formula is C23H39N5O3. The molecule has 0 aliphatic carbocycles. The summed E-state index contributed by atoms with van der Waals surface area (Å²) in [7, 11) is 1.96. The van der Waals surface area contributed by atoms with Crippen LogP contribution in [-0.2, 0) is 11.3 Å². The smallest absolute Gasteiger partial charge is 0.407 e. The van der Waals surface area contributed by atoms with Crippen LogP contribution in [0.4, 0.5) is 4.79 Å². The third-order valence-electron chi connectivity index (χ3n) is 4.60. The van der Waals surface area contributed by atoms with Crippen molar-refractivity contribution < 1.29 is 14.3 Å². The molecule has 0 aliphatic heterocycles. The fraction of sp³-hybridized carbons (Fsp3) is 0.609. The van der Waals surface area contributed by atoms with E-state index in [9.17, 15) is 9.59 Å². The number of ether oxygens (including phenoxy) is 1. The van der Waals surface area contributed by atoms with Crippen molar-refractivity contribution in [3.05, 3.63) is 35.4 Å². The normalized spacial score (nSPS) is 13.0. The van der Waals surface area contributed by atoms with Gasteiger partial charge in [0.05, 0.1) is 6.54 Å². The number of amides is 2. The summed E-state index contributed by atoms with van der Waals surface area (Å²) in [4.78, 5) is 30.3. The van der Waals surface area contributed by atoms with Gasteiger partial charge < -0.3 is 26.0 Å². The summed E-state index contributed by atoms with van der Waals surface area (Å²) < 4.78 is 5.39. The quantitative estimate of drug-likeness (QED) is 0.409. The van der Waals surface area contributed by atoms with Gasteiger partial charge in [0.2, 0.25) is 5.91 Å². The molecule has 0 aromatic heterocycles. The van der Waals surface area contributed by atoms with Gasteiger partial charge in [-0.15, -0.1) is 0 Å². The van der Waals surface area contributed by atoms with E-state index in [0.29, 0.717) is 18.7 Å². The Morgan fingerprint density at radius 2 is 1.94 bits per heavy atom. The molecule has 0 heterocycles. The SMILES string of the molecule is CCNC(=NCc1cccc(C(N)=O)c1)N(C)CCC(NC(=O)OC(C)(C)C)C(C)C. The van der Waals surface area contributed by atoms with Gasteiger partial charge in [0, 0.05) is 31.7 Å². The average Bonchev–Trinajstić information content (AvgIpc) is 2.66. The van der Waals surface area contributed by atoms with Crippen LogP contribution >= 0.6 is 0 Å². The van der Waals surface area contributed by atoms with E-state index in [1.165, 1.54) is 0 Å². The number of carbonyl (C=O) groups is 2. The maximum atomic E-state index is 12.2. The summed E-state index contributed by atoms with van der Waals surface area (Å²) in [5.41, 5.74) is 6.21. The van der Waals surface area contributed by atoms with Crippen LogP contribution in [0.2, 0.25) is 0 Å². The maximum Gasteiger partial charge on any atom is 0.407 e. The molecule has 0 saturated carbocycles. The first-order chi connectivity index (χ1) is 14.4. The third kappa shape index (κ3) is 10.2. The van der Waals surface area contributed by atoms with Crippen LogP contribution in [0.5, 0.6) is 0 Å². The number of alkyl carbamates (subject to hydrolysis) is 1. The average molecular weight is 434 g/mol. The largest absolute Gasteiger partial charge is 0.444 e. The van der Waals surface area contributed by atoms with Crippen molar-refractivity contribution in [3.8, 4) is 0 Å². The summed E-state index contributed by atoms with van der Waals surface area (Å²) in [6, 6.07) is 7.15. The maximum absolute atomic E-state index is 12.2. The Balaban J connectivity index is 2.77. The van der Waals surface area contributed by atoms with Crippen molar-refractivity contribution in [1.82, 2.24) is 15.5 Å². The van der Waals surface area contributed by atoms with Gasteiger partial charge in [0.25, 0.3) is 0 Å². The van der Waals surface area contributed by atoms with E-state index < -0.39 is 17.6 Å². The number of hydrogen-bond donors (Lipinski definition) is 3. The summed E-state index contributed by atoms with van der Waals surface area (Å²) in [6.07, 6.45) is 0.346. The minimum atomic E-state index is -0.529. The monoisotopic (exact) mass is 433 g/mol.